The van der Waals surface area contributed by atoms with Crippen LogP contribution < -0.4 is 15.4 Å². The van der Waals surface area contributed by atoms with Crippen LogP contribution in [0.4, 0.5) is 0 Å². The Labute approximate surface area is 120 Å². The van der Waals surface area contributed by atoms with E-state index in [9.17, 15) is 4.79 Å². The van der Waals surface area contributed by atoms with Gasteiger partial charge in [-0.15, -0.1) is 6.42 Å². The number of amides is 1. The van der Waals surface area contributed by atoms with E-state index in [1.165, 1.54) is 0 Å². The summed E-state index contributed by atoms with van der Waals surface area (Å²) in [7, 11) is 0. The summed E-state index contributed by atoms with van der Waals surface area (Å²) in [6, 6.07) is 7.67. The first-order chi connectivity index (χ1) is 9.42. The second kappa shape index (κ2) is 7.56. The first-order valence-corrected chi connectivity index (χ1v) is 6.58. The predicted molar refractivity (Wildman–Crippen MR) is 80.4 cm³/mol. The van der Waals surface area contributed by atoms with Crippen LogP contribution in [0, 0.1) is 12.3 Å². The van der Waals surface area contributed by atoms with Crippen molar-refractivity contribution in [2.75, 3.05) is 13.2 Å². The average Bonchev–Trinajstić information content (AvgIpc) is 2.40. The first-order valence-electron chi connectivity index (χ1n) is 6.58. The van der Waals surface area contributed by atoms with Gasteiger partial charge in [0.25, 0.3) is 5.91 Å². The molecule has 1 amide bonds. The number of carbonyl (C=O) groups excluding carboxylic acids is 1. The van der Waals surface area contributed by atoms with Gasteiger partial charge in [0.15, 0.2) is 6.61 Å². The second-order valence-electron chi connectivity index (χ2n) is 5.48. The SMILES string of the molecule is C#CCNC(=O)COc1ccccc1CNC(C)(C)C. The van der Waals surface area contributed by atoms with Crippen LogP contribution >= 0.6 is 0 Å². The summed E-state index contributed by atoms with van der Waals surface area (Å²) in [5, 5.41) is 5.96. The third-order valence-electron chi connectivity index (χ3n) is 2.53. The van der Waals surface area contributed by atoms with E-state index in [1.54, 1.807) is 0 Å². The molecule has 0 heterocycles. The Morgan fingerprint density at radius 1 is 1.35 bits per heavy atom. The van der Waals surface area contributed by atoms with Crippen LogP contribution in [0.3, 0.4) is 0 Å². The van der Waals surface area contributed by atoms with Crippen molar-refractivity contribution < 1.29 is 9.53 Å². The summed E-state index contributed by atoms with van der Waals surface area (Å²) in [5.74, 6) is 2.84. The van der Waals surface area contributed by atoms with Crippen LogP contribution in [0.1, 0.15) is 26.3 Å². The number of hydrogen-bond acceptors (Lipinski definition) is 3. The van der Waals surface area contributed by atoms with Crippen molar-refractivity contribution in [1.29, 1.82) is 0 Å². The highest BCUT2D eigenvalue weighted by Gasteiger charge is 2.11. The Kier molecular flexibility index (Phi) is 6.08. The van der Waals surface area contributed by atoms with E-state index in [2.05, 4.69) is 37.3 Å². The number of terminal acetylenes is 1. The van der Waals surface area contributed by atoms with Crippen LogP contribution in [0.15, 0.2) is 24.3 Å². The van der Waals surface area contributed by atoms with Gasteiger partial charge in [0.2, 0.25) is 0 Å². The molecule has 1 rings (SSSR count). The minimum Gasteiger partial charge on any atom is -0.483 e. The molecular formula is C16H22N2O2. The molecule has 0 aromatic heterocycles. The lowest BCUT2D eigenvalue weighted by Gasteiger charge is -2.21. The Morgan fingerprint density at radius 2 is 2.05 bits per heavy atom. The molecule has 0 saturated heterocycles. The molecule has 0 unspecified atom stereocenters. The zero-order valence-electron chi connectivity index (χ0n) is 12.3. The third-order valence-corrected chi connectivity index (χ3v) is 2.53. The lowest BCUT2D eigenvalue weighted by molar-refractivity contribution is -0.122. The minimum atomic E-state index is -0.221. The van der Waals surface area contributed by atoms with Crippen molar-refractivity contribution in [2.24, 2.45) is 0 Å². The molecule has 1 aromatic rings. The molecule has 0 spiro atoms. The van der Waals surface area contributed by atoms with Crippen LogP contribution in [-0.2, 0) is 11.3 Å². The van der Waals surface area contributed by atoms with E-state index < -0.39 is 0 Å². The van der Waals surface area contributed by atoms with Crippen molar-refractivity contribution in [3.8, 4) is 18.1 Å². The van der Waals surface area contributed by atoms with Crippen LogP contribution in [0.5, 0.6) is 5.75 Å². The summed E-state index contributed by atoms with van der Waals surface area (Å²) in [5.41, 5.74) is 1.05. The van der Waals surface area contributed by atoms with Crippen LogP contribution in [0.2, 0.25) is 0 Å². The Morgan fingerprint density at radius 3 is 2.70 bits per heavy atom. The Balaban J connectivity index is 2.57. The molecule has 2 N–H and O–H groups in total. The maximum absolute atomic E-state index is 11.5. The van der Waals surface area contributed by atoms with Crippen molar-refractivity contribution in [1.82, 2.24) is 10.6 Å². The number of para-hydroxylation sites is 1. The van der Waals surface area contributed by atoms with E-state index in [-0.39, 0.29) is 24.6 Å². The minimum absolute atomic E-state index is 0.0251. The topological polar surface area (TPSA) is 50.4 Å². The van der Waals surface area contributed by atoms with E-state index in [1.807, 2.05) is 24.3 Å². The monoisotopic (exact) mass is 274 g/mol. The fraction of sp³-hybridized carbons (Fsp3) is 0.438. The molecule has 0 aliphatic heterocycles. The molecule has 4 nitrogen and oxygen atoms in total. The first kappa shape index (κ1) is 16.1. The number of carbonyl (C=O) groups is 1. The summed E-state index contributed by atoms with van der Waals surface area (Å²) in [4.78, 5) is 11.5. The maximum atomic E-state index is 11.5. The maximum Gasteiger partial charge on any atom is 0.258 e. The number of ether oxygens (including phenoxy) is 1. The Bertz CT molecular complexity index is 484. The quantitative estimate of drug-likeness (QED) is 0.776. The molecule has 0 bridgehead atoms. The normalized spacial score (nSPS) is 10.7. The highest BCUT2D eigenvalue weighted by molar-refractivity contribution is 5.77. The van der Waals surface area contributed by atoms with Crippen molar-refractivity contribution >= 4 is 5.91 Å². The van der Waals surface area contributed by atoms with E-state index in [0.717, 1.165) is 5.56 Å². The highest BCUT2D eigenvalue weighted by atomic mass is 16.5. The summed E-state index contributed by atoms with van der Waals surface area (Å²) in [6.45, 7) is 7.17. The molecule has 0 fully saturated rings. The summed E-state index contributed by atoms with van der Waals surface area (Å²) in [6.07, 6.45) is 5.07. The van der Waals surface area contributed by atoms with Gasteiger partial charge in [-0.1, -0.05) is 24.1 Å². The molecule has 0 radical (unpaired) electrons. The smallest absolute Gasteiger partial charge is 0.258 e. The number of rotatable bonds is 6. The molecule has 20 heavy (non-hydrogen) atoms. The third kappa shape index (κ3) is 6.26. The highest BCUT2D eigenvalue weighted by Crippen LogP contribution is 2.18. The van der Waals surface area contributed by atoms with E-state index in [0.29, 0.717) is 12.3 Å². The predicted octanol–water partition coefficient (Wildman–Crippen LogP) is 1.70. The van der Waals surface area contributed by atoms with Gasteiger partial charge in [0, 0.05) is 17.6 Å². The molecule has 0 aliphatic carbocycles. The van der Waals surface area contributed by atoms with E-state index >= 15 is 0 Å². The van der Waals surface area contributed by atoms with Crippen molar-refractivity contribution in [3.63, 3.8) is 0 Å². The standard InChI is InChI=1S/C16H22N2O2/c1-5-10-17-15(19)12-20-14-9-7-6-8-13(14)11-18-16(2,3)4/h1,6-9,18H,10-12H2,2-4H3,(H,17,19). The van der Waals surface area contributed by atoms with Gasteiger partial charge in [0.1, 0.15) is 5.75 Å². The Hall–Kier alpha value is -1.99. The van der Waals surface area contributed by atoms with Gasteiger partial charge in [-0.05, 0) is 26.8 Å². The largest absolute Gasteiger partial charge is 0.483 e. The molecule has 0 aliphatic rings. The molecule has 1 aromatic carbocycles. The van der Waals surface area contributed by atoms with Gasteiger partial charge < -0.3 is 15.4 Å². The molecule has 108 valence electrons. The number of benzene rings is 1. The number of nitrogens with one attached hydrogen (secondary N) is 2. The fourth-order valence-corrected chi connectivity index (χ4v) is 1.50. The number of hydrogen-bond donors (Lipinski definition) is 2. The van der Waals surface area contributed by atoms with Crippen molar-refractivity contribution in [2.45, 2.75) is 32.9 Å². The molecular weight excluding hydrogens is 252 g/mol. The zero-order valence-corrected chi connectivity index (χ0v) is 12.3. The molecule has 0 atom stereocenters. The molecule has 4 heteroatoms. The summed E-state index contributed by atoms with van der Waals surface area (Å²) < 4.78 is 5.54. The lowest BCUT2D eigenvalue weighted by atomic mass is 10.1. The van der Waals surface area contributed by atoms with Crippen LogP contribution in [-0.4, -0.2) is 24.6 Å². The van der Waals surface area contributed by atoms with Gasteiger partial charge in [-0.2, -0.15) is 0 Å². The van der Waals surface area contributed by atoms with Crippen LogP contribution in [0.25, 0.3) is 0 Å². The van der Waals surface area contributed by atoms with Gasteiger partial charge in [-0.25, -0.2) is 0 Å². The zero-order chi connectivity index (χ0) is 15.0. The summed E-state index contributed by atoms with van der Waals surface area (Å²) >= 11 is 0. The van der Waals surface area contributed by atoms with Crippen molar-refractivity contribution in [3.05, 3.63) is 29.8 Å². The van der Waals surface area contributed by atoms with Gasteiger partial charge in [-0.3, -0.25) is 4.79 Å². The lowest BCUT2D eigenvalue weighted by Crippen LogP contribution is -2.35. The average molecular weight is 274 g/mol. The van der Waals surface area contributed by atoms with E-state index in [4.69, 9.17) is 11.2 Å². The second-order valence-corrected chi connectivity index (χ2v) is 5.48. The van der Waals surface area contributed by atoms with Gasteiger partial charge >= 0.3 is 0 Å². The van der Waals surface area contributed by atoms with Gasteiger partial charge in [0.05, 0.1) is 6.54 Å². The molecule has 0 saturated carbocycles. The fourth-order valence-electron chi connectivity index (χ4n) is 1.50.